The Morgan fingerprint density at radius 1 is 1.59 bits per heavy atom. The van der Waals surface area contributed by atoms with Gasteiger partial charge in [-0.3, -0.25) is 4.79 Å². The van der Waals surface area contributed by atoms with Crippen LogP contribution in [0.4, 0.5) is 0 Å². The summed E-state index contributed by atoms with van der Waals surface area (Å²) >= 11 is 0. The van der Waals surface area contributed by atoms with Gasteiger partial charge >= 0.3 is 5.97 Å². The monoisotopic (exact) mass is 236 g/mol. The Balaban J connectivity index is 2.14. The molecule has 1 aromatic rings. The molecule has 0 bridgehead atoms. The lowest BCUT2D eigenvalue weighted by atomic mass is 10.1. The molecule has 1 aliphatic heterocycles. The van der Waals surface area contributed by atoms with Crippen LogP contribution >= 0.6 is 0 Å². The van der Waals surface area contributed by atoms with Crippen LogP contribution < -0.4 is 0 Å². The third kappa shape index (κ3) is 2.65. The zero-order chi connectivity index (χ0) is 12.5. The first-order valence-corrected chi connectivity index (χ1v) is 5.60. The van der Waals surface area contributed by atoms with E-state index in [0.717, 1.165) is 11.1 Å². The van der Waals surface area contributed by atoms with E-state index in [1.807, 2.05) is 38.1 Å². The highest BCUT2D eigenvalue weighted by molar-refractivity contribution is 5.67. The maximum atomic E-state index is 10.6. The van der Waals surface area contributed by atoms with Gasteiger partial charge in [-0.05, 0) is 13.8 Å². The summed E-state index contributed by atoms with van der Waals surface area (Å²) < 4.78 is 11.3. The normalized spacial score (nSPS) is 28.2. The van der Waals surface area contributed by atoms with Crippen LogP contribution in [0.15, 0.2) is 24.3 Å². The van der Waals surface area contributed by atoms with Gasteiger partial charge in [0.1, 0.15) is 0 Å². The Hall–Kier alpha value is -1.39. The molecule has 0 spiro atoms. The summed E-state index contributed by atoms with van der Waals surface area (Å²) in [6, 6.07) is 7.85. The number of ether oxygens (including phenoxy) is 2. The van der Waals surface area contributed by atoms with Gasteiger partial charge in [-0.2, -0.15) is 0 Å². The molecule has 1 saturated heterocycles. The number of carbonyl (C=O) groups is 1. The second-order valence-corrected chi connectivity index (χ2v) is 4.46. The molecule has 0 aliphatic carbocycles. The van der Waals surface area contributed by atoms with Gasteiger partial charge in [0.2, 0.25) is 0 Å². The first-order chi connectivity index (χ1) is 7.99. The number of rotatable bonds is 3. The van der Waals surface area contributed by atoms with Gasteiger partial charge in [-0.1, -0.05) is 29.8 Å². The van der Waals surface area contributed by atoms with E-state index in [1.54, 1.807) is 0 Å². The van der Waals surface area contributed by atoms with E-state index in [0.29, 0.717) is 6.61 Å². The molecule has 2 unspecified atom stereocenters. The molecule has 0 saturated carbocycles. The van der Waals surface area contributed by atoms with E-state index in [2.05, 4.69) is 0 Å². The quantitative estimate of drug-likeness (QED) is 0.872. The zero-order valence-electron chi connectivity index (χ0n) is 9.97. The number of carboxylic acids is 1. The Morgan fingerprint density at radius 2 is 2.35 bits per heavy atom. The summed E-state index contributed by atoms with van der Waals surface area (Å²) in [4.78, 5) is 10.6. The van der Waals surface area contributed by atoms with Gasteiger partial charge in [-0.15, -0.1) is 0 Å². The van der Waals surface area contributed by atoms with Gasteiger partial charge in [0.05, 0.1) is 19.1 Å². The number of aryl methyl sites for hydroxylation is 1. The van der Waals surface area contributed by atoms with Gasteiger partial charge in [0.25, 0.3) is 0 Å². The maximum absolute atomic E-state index is 10.6. The number of hydrogen-bond donors (Lipinski definition) is 1. The van der Waals surface area contributed by atoms with E-state index < -0.39 is 11.8 Å². The Kier molecular flexibility index (Phi) is 3.17. The second-order valence-electron chi connectivity index (χ2n) is 4.46. The Bertz CT molecular complexity index is 429. The predicted octanol–water partition coefficient (Wildman–Crippen LogP) is 2.06. The van der Waals surface area contributed by atoms with Crippen LogP contribution in [0.2, 0.25) is 0 Å². The summed E-state index contributed by atoms with van der Waals surface area (Å²) in [6.45, 7) is 4.14. The van der Waals surface area contributed by atoms with Crippen LogP contribution in [0.5, 0.6) is 0 Å². The smallest absolute Gasteiger partial charge is 0.306 e. The Morgan fingerprint density at radius 3 is 3.00 bits per heavy atom. The van der Waals surface area contributed by atoms with Crippen molar-refractivity contribution in [3.8, 4) is 0 Å². The average molecular weight is 236 g/mol. The van der Waals surface area contributed by atoms with Crippen LogP contribution in [0.3, 0.4) is 0 Å². The SMILES string of the molecule is Cc1cccc(C2(C)OCC(CC(=O)O)O2)c1. The summed E-state index contributed by atoms with van der Waals surface area (Å²) in [5, 5.41) is 8.72. The van der Waals surface area contributed by atoms with Crippen molar-refractivity contribution in [1.82, 2.24) is 0 Å². The Labute approximate surface area is 100 Å². The van der Waals surface area contributed by atoms with Gasteiger partial charge < -0.3 is 14.6 Å². The third-order valence-corrected chi connectivity index (χ3v) is 2.88. The topological polar surface area (TPSA) is 55.8 Å². The third-order valence-electron chi connectivity index (χ3n) is 2.88. The largest absolute Gasteiger partial charge is 0.481 e. The molecule has 4 heteroatoms. The van der Waals surface area contributed by atoms with E-state index >= 15 is 0 Å². The maximum Gasteiger partial charge on any atom is 0.306 e. The number of carboxylic acid groups (broad SMARTS) is 1. The molecule has 4 nitrogen and oxygen atoms in total. The molecule has 1 aromatic carbocycles. The molecule has 1 N–H and O–H groups in total. The lowest BCUT2D eigenvalue weighted by Gasteiger charge is -2.24. The molecule has 92 valence electrons. The van der Waals surface area contributed by atoms with Crippen LogP contribution in [0.25, 0.3) is 0 Å². The lowest BCUT2D eigenvalue weighted by molar-refractivity contribution is -0.166. The van der Waals surface area contributed by atoms with Crippen molar-refractivity contribution in [2.45, 2.75) is 32.2 Å². The average Bonchev–Trinajstić information content (AvgIpc) is 2.60. The van der Waals surface area contributed by atoms with Crippen LogP contribution in [0, 0.1) is 6.92 Å². The van der Waals surface area contributed by atoms with Crippen molar-refractivity contribution in [3.05, 3.63) is 35.4 Å². The molecule has 0 amide bonds. The minimum Gasteiger partial charge on any atom is -0.481 e. The molecule has 2 rings (SSSR count). The summed E-state index contributed by atoms with van der Waals surface area (Å²) in [7, 11) is 0. The number of hydrogen-bond acceptors (Lipinski definition) is 3. The molecule has 2 atom stereocenters. The highest BCUT2D eigenvalue weighted by atomic mass is 16.7. The molecule has 17 heavy (non-hydrogen) atoms. The van der Waals surface area contributed by atoms with E-state index in [1.165, 1.54) is 0 Å². The highest BCUT2D eigenvalue weighted by Crippen LogP contribution is 2.34. The van der Waals surface area contributed by atoms with E-state index in [-0.39, 0.29) is 12.5 Å². The molecule has 1 aliphatic rings. The van der Waals surface area contributed by atoms with Gasteiger partial charge in [0, 0.05) is 5.56 Å². The molecular weight excluding hydrogens is 220 g/mol. The minimum atomic E-state index is -0.868. The fourth-order valence-electron chi connectivity index (χ4n) is 2.01. The zero-order valence-corrected chi connectivity index (χ0v) is 9.97. The first-order valence-electron chi connectivity index (χ1n) is 5.60. The molecular formula is C13H16O4. The summed E-state index contributed by atoms with van der Waals surface area (Å²) in [6.07, 6.45) is -0.403. The second kappa shape index (κ2) is 4.47. The van der Waals surface area contributed by atoms with Crippen molar-refractivity contribution in [1.29, 1.82) is 0 Å². The first kappa shape index (κ1) is 12.1. The predicted molar refractivity (Wildman–Crippen MR) is 61.6 cm³/mol. The highest BCUT2D eigenvalue weighted by Gasteiger charge is 2.39. The minimum absolute atomic E-state index is 0.0264. The standard InChI is InChI=1S/C13H16O4/c1-9-4-3-5-10(6-9)13(2)16-8-11(17-13)7-12(14)15/h3-6,11H,7-8H2,1-2H3,(H,14,15). The van der Waals surface area contributed by atoms with Crippen LogP contribution in [0.1, 0.15) is 24.5 Å². The summed E-state index contributed by atoms with van der Waals surface area (Å²) in [5.41, 5.74) is 2.04. The number of aliphatic carboxylic acids is 1. The van der Waals surface area contributed by atoms with E-state index in [4.69, 9.17) is 14.6 Å². The van der Waals surface area contributed by atoms with Gasteiger partial charge in [-0.25, -0.2) is 0 Å². The molecule has 1 heterocycles. The van der Waals surface area contributed by atoms with Crippen molar-refractivity contribution >= 4 is 5.97 Å². The summed E-state index contributed by atoms with van der Waals surface area (Å²) in [5.74, 6) is -1.70. The fraction of sp³-hybridized carbons (Fsp3) is 0.462. The lowest BCUT2D eigenvalue weighted by Crippen LogP contribution is -2.24. The van der Waals surface area contributed by atoms with Crippen molar-refractivity contribution in [2.24, 2.45) is 0 Å². The van der Waals surface area contributed by atoms with Crippen molar-refractivity contribution in [3.63, 3.8) is 0 Å². The van der Waals surface area contributed by atoms with Crippen LogP contribution in [-0.4, -0.2) is 23.8 Å². The molecule has 0 radical (unpaired) electrons. The van der Waals surface area contributed by atoms with E-state index in [9.17, 15) is 4.79 Å². The van der Waals surface area contributed by atoms with Gasteiger partial charge in [0.15, 0.2) is 5.79 Å². The molecule has 0 aromatic heterocycles. The number of benzene rings is 1. The fourth-order valence-corrected chi connectivity index (χ4v) is 2.01. The molecule has 1 fully saturated rings. The van der Waals surface area contributed by atoms with Crippen LogP contribution in [-0.2, 0) is 20.1 Å². The van der Waals surface area contributed by atoms with Crippen molar-refractivity contribution < 1.29 is 19.4 Å². The van der Waals surface area contributed by atoms with Crippen molar-refractivity contribution in [2.75, 3.05) is 6.61 Å².